The van der Waals surface area contributed by atoms with E-state index in [1.807, 2.05) is 0 Å². The number of rotatable bonds is 6. The Labute approximate surface area is 84.5 Å². The summed E-state index contributed by atoms with van der Waals surface area (Å²) < 4.78 is 0. The van der Waals surface area contributed by atoms with Gasteiger partial charge in [-0.3, -0.25) is 0 Å². The average molecular weight is 185 g/mol. The van der Waals surface area contributed by atoms with E-state index in [-0.39, 0.29) is 0 Å². The Hall–Kier alpha value is -0.0400. The van der Waals surface area contributed by atoms with Crippen molar-refractivity contribution in [2.75, 3.05) is 13.6 Å². The van der Waals surface area contributed by atoms with Crippen LogP contribution < -0.4 is 0 Å². The van der Waals surface area contributed by atoms with Gasteiger partial charge in [-0.25, -0.2) is 0 Å². The highest BCUT2D eigenvalue weighted by Crippen LogP contribution is 2.24. The van der Waals surface area contributed by atoms with Gasteiger partial charge in [0.1, 0.15) is 0 Å². The molecular weight excluding hydrogens is 158 g/mol. The second-order valence-electron chi connectivity index (χ2n) is 4.25. The summed E-state index contributed by atoms with van der Waals surface area (Å²) in [5, 5.41) is 0. The highest BCUT2D eigenvalue weighted by atomic mass is 15.1. The minimum Gasteiger partial charge on any atom is -0.304 e. The second-order valence-corrected chi connectivity index (χ2v) is 4.25. The molecule has 2 unspecified atom stereocenters. The van der Waals surface area contributed by atoms with Crippen LogP contribution in [0.2, 0.25) is 0 Å². The van der Waals surface area contributed by atoms with E-state index in [2.05, 4.69) is 46.6 Å². The van der Waals surface area contributed by atoms with E-state index >= 15 is 0 Å². The Balaban J connectivity index is 4.13. The van der Waals surface area contributed by atoms with Gasteiger partial charge in [-0.1, -0.05) is 40.5 Å². The summed E-state index contributed by atoms with van der Waals surface area (Å²) in [4.78, 5) is 2.45. The molecule has 0 radical (unpaired) electrons. The zero-order chi connectivity index (χ0) is 10.4. The third-order valence-electron chi connectivity index (χ3n) is 3.75. The van der Waals surface area contributed by atoms with Crippen LogP contribution in [-0.4, -0.2) is 24.5 Å². The smallest absolute Gasteiger partial charge is 0.00920 e. The number of hydrogen-bond donors (Lipinski definition) is 0. The van der Waals surface area contributed by atoms with Crippen molar-refractivity contribution in [2.45, 2.75) is 53.5 Å². The summed E-state index contributed by atoms with van der Waals surface area (Å²) in [5.74, 6) is 1.71. The maximum atomic E-state index is 2.45. The van der Waals surface area contributed by atoms with Gasteiger partial charge in [0, 0.05) is 6.04 Å². The van der Waals surface area contributed by atoms with E-state index in [1.165, 1.54) is 12.8 Å². The first kappa shape index (κ1) is 13.0. The highest BCUT2D eigenvalue weighted by molar-refractivity contribution is 4.74. The van der Waals surface area contributed by atoms with Crippen molar-refractivity contribution in [3.63, 3.8) is 0 Å². The van der Waals surface area contributed by atoms with Crippen LogP contribution in [0.15, 0.2) is 0 Å². The van der Waals surface area contributed by atoms with Gasteiger partial charge in [0.2, 0.25) is 0 Å². The Morgan fingerprint density at radius 2 is 1.46 bits per heavy atom. The van der Waals surface area contributed by atoms with Crippen molar-refractivity contribution < 1.29 is 0 Å². The molecule has 0 saturated carbocycles. The quantitative estimate of drug-likeness (QED) is 0.613. The van der Waals surface area contributed by atoms with Crippen LogP contribution in [0.1, 0.15) is 47.5 Å². The molecule has 0 heterocycles. The predicted molar refractivity (Wildman–Crippen MR) is 61.0 cm³/mol. The van der Waals surface area contributed by atoms with Gasteiger partial charge in [0.15, 0.2) is 0 Å². The number of nitrogens with zero attached hydrogens (tertiary/aromatic N) is 1. The molecule has 0 spiro atoms. The van der Waals surface area contributed by atoms with Crippen LogP contribution in [0.4, 0.5) is 0 Å². The standard InChI is InChI=1S/C12H27N/c1-7-12(8-2)10(4)11(5)13(6)9-3/h10-12H,7-9H2,1-6H3. The maximum absolute atomic E-state index is 2.45. The largest absolute Gasteiger partial charge is 0.304 e. The fourth-order valence-electron chi connectivity index (χ4n) is 2.12. The fraction of sp³-hybridized carbons (Fsp3) is 1.00. The Morgan fingerprint density at radius 3 is 1.77 bits per heavy atom. The summed E-state index contributed by atoms with van der Waals surface area (Å²) in [6.45, 7) is 12.8. The molecule has 1 nitrogen and oxygen atoms in total. The first-order valence-electron chi connectivity index (χ1n) is 5.78. The average Bonchev–Trinajstić information content (AvgIpc) is 2.17. The van der Waals surface area contributed by atoms with Crippen molar-refractivity contribution in [1.82, 2.24) is 4.90 Å². The van der Waals surface area contributed by atoms with E-state index in [0.29, 0.717) is 0 Å². The summed E-state index contributed by atoms with van der Waals surface area (Å²) in [5.41, 5.74) is 0. The van der Waals surface area contributed by atoms with Crippen LogP contribution in [0.25, 0.3) is 0 Å². The second kappa shape index (κ2) is 6.42. The Morgan fingerprint density at radius 1 is 1.00 bits per heavy atom. The van der Waals surface area contributed by atoms with Crippen LogP contribution >= 0.6 is 0 Å². The lowest BCUT2D eigenvalue weighted by atomic mass is 9.84. The van der Waals surface area contributed by atoms with Gasteiger partial charge < -0.3 is 4.90 Å². The Bertz CT molecular complexity index is 118. The molecule has 0 rings (SSSR count). The van der Waals surface area contributed by atoms with Crippen molar-refractivity contribution >= 4 is 0 Å². The molecule has 0 N–H and O–H groups in total. The molecule has 2 atom stereocenters. The van der Waals surface area contributed by atoms with Crippen LogP contribution in [0.5, 0.6) is 0 Å². The topological polar surface area (TPSA) is 3.24 Å². The van der Waals surface area contributed by atoms with Gasteiger partial charge in [-0.2, -0.15) is 0 Å². The molecule has 0 aliphatic heterocycles. The lowest BCUT2D eigenvalue weighted by Crippen LogP contribution is -2.37. The summed E-state index contributed by atoms with van der Waals surface area (Å²) in [6, 6.07) is 0.717. The van der Waals surface area contributed by atoms with Crippen LogP contribution in [0, 0.1) is 11.8 Å². The fourth-order valence-corrected chi connectivity index (χ4v) is 2.12. The van der Waals surface area contributed by atoms with Crippen LogP contribution in [0.3, 0.4) is 0 Å². The first-order chi connectivity index (χ1) is 6.08. The third kappa shape index (κ3) is 3.68. The monoisotopic (exact) mass is 185 g/mol. The highest BCUT2D eigenvalue weighted by Gasteiger charge is 2.21. The van der Waals surface area contributed by atoms with Gasteiger partial charge in [-0.05, 0) is 32.4 Å². The van der Waals surface area contributed by atoms with E-state index in [0.717, 1.165) is 24.4 Å². The molecule has 1 heteroatoms. The van der Waals surface area contributed by atoms with Crippen LogP contribution in [-0.2, 0) is 0 Å². The summed E-state index contributed by atoms with van der Waals surface area (Å²) in [6.07, 6.45) is 2.64. The van der Waals surface area contributed by atoms with E-state index in [9.17, 15) is 0 Å². The molecule has 0 aromatic carbocycles. The summed E-state index contributed by atoms with van der Waals surface area (Å²) in [7, 11) is 2.23. The lowest BCUT2D eigenvalue weighted by Gasteiger charge is -2.33. The predicted octanol–water partition coefficient (Wildman–Crippen LogP) is 3.40. The SMILES string of the molecule is CCC(CC)C(C)C(C)N(C)CC. The molecule has 80 valence electrons. The molecule has 0 fully saturated rings. The Kier molecular flexibility index (Phi) is 6.40. The zero-order valence-corrected chi connectivity index (χ0v) is 10.3. The lowest BCUT2D eigenvalue weighted by molar-refractivity contribution is 0.156. The first-order valence-corrected chi connectivity index (χ1v) is 5.78. The molecule has 0 aliphatic rings. The number of hydrogen-bond acceptors (Lipinski definition) is 1. The zero-order valence-electron chi connectivity index (χ0n) is 10.3. The van der Waals surface area contributed by atoms with Gasteiger partial charge in [-0.15, -0.1) is 0 Å². The molecule has 0 bridgehead atoms. The molecule has 0 aromatic rings. The normalized spacial score (nSPS) is 16.6. The molecular formula is C12H27N. The van der Waals surface area contributed by atoms with Gasteiger partial charge in [0.05, 0.1) is 0 Å². The molecule has 0 amide bonds. The minimum atomic E-state index is 0.717. The van der Waals surface area contributed by atoms with Crippen molar-refractivity contribution in [1.29, 1.82) is 0 Å². The molecule has 0 saturated heterocycles. The minimum absolute atomic E-state index is 0.717. The van der Waals surface area contributed by atoms with E-state index < -0.39 is 0 Å². The van der Waals surface area contributed by atoms with Crippen molar-refractivity contribution in [3.05, 3.63) is 0 Å². The van der Waals surface area contributed by atoms with Crippen molar-refractivity contribution in [3.8, 4) is 0 Å². The molecule has 13 heavy (non-hydrogen) atoms. The van der Waals surface area contributed by atoms with Crippen molar-refractivity contribution in [2.24, 2.45) is 11.8 Å². The van der Waals surface area contributed by atoms with Gasteiger partial charge >= 0.3 is 0 Å². The molecule has 0 aromatic heterocycles. The summed E-state index contributed by atoms with van der Waals surface area (Å²) >= 11 is 0. The third-order valence-corrected chi connectivity index (χ3v) is 3.75. The van der Waals surface area contributed by atoms with E-state index in [4.69, 9.17) is 0 Å². The van der Waals surface area contributed by atoms with Gasteiger partial charge in [0.25, 0.3) is 0 Å². The molecule has 0 aliphatic carbocycles. The van der Waals surface area contributed by atoms with E-state index in [1.54, 1.807) is 0 Å². The maximum Gasteiger partial charge on any atom is 0.00920 e.